The van der Waals surface area contributed by atoms with Crippen LogP contribution in [0.1, 0.15) is 43.0 Å². The van der Waals surface area contributed by atoms with Gasteiger partial charge in [-0.15, -0.1) is 0 Å². The molecule has 0 aliphatic rings. The lowest BCUT2D eigenvalue weighted by Crippen LogP contribution is -2.01. The van der Waals surface area contributed by atoms with E-state index in [1.165, 1.54) is 19.3 Å². The summed E-state index contributed by atoms with van der Waals surface area (Å²) in [7, 11) is 0. The SMILES string of the molecule is CCCCCCOc1ccc(C(=O)CBr)cc1. The van der Waals surface area contributed by atoms with Gasteiger partial charge in [0.05, 0.1) is 11.9 Å². The van der Waals surface area contributed by atoms with Crippen LogP contribution in [0.5, 0.6) is 5.75 Å². The van der Waals surface area contributed by atoms with Crippen molar-refractivity contribution < 1.29 is 9.53 Å². The first-order chi connectivity index (χ1) is 8.27. The summed E-state index contributed by atoms with van der Waals surface area (Å²) in [6.45, 7) is 2.95. The van der Waals surface area contributed by atoms with Crippen LogP contribution in [-0.2, 0) is 0 Å². The summed E-state index contributed by atoms with van der Waals surface area (Å²) in [5.41, 5.74) is 0.722. The minimum Gasteiger partial charge on any atom is -0.494 e. The molecule has 1 aromatic carbocycles. The number of ether oxygens (including phenoxy) is 1. The topological polar surface area (TPSA) is 26.3 Å². The van der Waals surface area contributed by atoms with E-state index in [-0.39, 0.29) is 5.78 Å². The summed E-state index contributed by atoms with van der Waals surface area (Å²) in [6, 6.07) is 7.33. The van der Waals surface area contributed by atoms with E-state index in [0.717, 1.165) is 24.3 Å². The summed E-state index contributed by atoms with van der Waals surface area (Å²) in [5, 5.41) is 0.365. The standard InChI is InChI=1S/C14H19BrO2/c1-2-3-4-5-10-17-13-8-6-12(7-9-13)14(16)11-15/h6-9H,2-5,10-11H2,1H3. The monoisotopic (exact) mass is 298 g/mol. The van der Waals surface area contributed by atoms with Crippen LogP contribution in [0.15, 0.2) is 24.3 Å². The number of carbonyl (C=O) groups excluding carboxylic acids is 1. The highest BCUT2D eigenvalue weighted by atomic mass is 79.9. The Morgan fingerprint density at radius 1 is 1.18 bits per heavy atom. The Balaban J connectivity index is 2.33. The van der Waals surface area contributed by atoms with Crippen LogP contribution in [0.3, 0.4) is 0 Å². The molecule has 0 heterocycles. The smallest absolute Gasteiger partial charge is 0.173 e. The van der Waals surface area contributed by atoms with Crippen LogP contribution >= 0.6 is 15.9 Å². The first kappa shape index (κ1) is 14.2. The molecule has 0 unspecified atom stereocenters. The molecule has 0 fully saturated rings. The molecule has 17 heavy (non-hydrogen) atoms. The van der Waals surface area contributed by atoms with Crippen LogP contribution in [0, 0.1) is 0 Å². The van der Waals surface area contributed by atoms with Crippen molar-refractivity contribution in [3.05, 3.63) is 29.8 Å². The molecule has 0 radical (unpaired) electrons. The maximum absolute atomic E-state index is 11.4. The molecule has 3 heteroatoms. The first-order valence-corrected chi connectivity index (χ1v) is 7.22. The van der Waals surface area contributed by atoms with Crippen molar-refractivity contribution in [1.82, 2.24) is 0 Å². The fourth-order valence-corrected chi connectivity index (χ4v) is 1.86. The first-order valence-electron chi connectivity index (χ1n) is 6.10. The van der Waals surface area contributed by atoms with Gasteiger partial charge in [-0.1, -0.05) is 42.1 Å². The van der Waals surface area contributed by atoms with Gasteiger partial charge in [0, 0.05) is 5.56 Å². The van der Waals surface area contributed by atoms with Gasteiger partial charge < -0.3 is 4.74 Å². The molecule has 0 spiro atoms. The van der Waals surface area contributed by atoms with Crippen molar-refractivity contribution in [2.45, 2.75) is 32.6 Å². The number of benzene rings is 1. The Labute approximate surface area is 111 Å². The van der Waals surface area contributed by atoms with Crippen molar-refractivity contribution >= 4 is 21.7 Å². The summed E-state index contributed by atoms with van der Waals surface area (Å²) < 4.78 is 5.60. The summed E-state index contributed by atoms with van der Waals surface area (Å²) in [5.74, 6) is 0.937. The second kappa shape index (κ2) is 8.29. The number of hydrogen-bond acceptors (Lipinski definition) is 2. The van der Waals surface area contributed by atoms with Gasteiger partial charge >= 0.3 is 0 Å². The molecule has 0 aliphatic heterocycles. The normalized spacial score (nSPS) is 10.2. The third kappa shape index (κ3) is 5.35. The zero-order valence-electron chi connectivity index (χ0n) is 10.2. The Kier molecular flexibility index (Phi) is 6.94. The molecular weight excluding hydrogens is 280 g/mol. The number of carbonyl (C=O) groups is 1. The van der Waals surface area contributed by atoms with E-state index < -0.39 is 0 Å². The van der Waals surface area contributed by atoms with E-state index in [4.69, 9.17) is 4.74 Å². The molecule has 1 aromatic rings. The third-order valence-electron chi connectivity index (χ3n) is 2.56. The second-order valence-electron chi connectivity index (χ2n) is 3.99. The Bertz CT molecular complexity index is 333. The number of hydrogen-bond donors (Lipinski definition) is 0. The van der Waals surface area contributed by atoms with Gasteiger partial charge in [-0.2, -0.15) is 0 Å². The van der Waals surface area contributed by atoms with E-state index in [1.807, 2.05) is 24.3 Å². The molecule has 0 atom stereocenters. The lowest BCUT2D eigenvalue weighted by molar-refractivity contribution is 0.102. The Morgan fingerprint density at radius 2 is 1.88 bits per heavy atom. The predicted octanol–water partition coefficient (Wildman–Crippen LogP) is 4.22. The summed E-state index contributed by atoms with van der Waals surface area (Å²) >= 11 is 3.16. The molecule has 0 N–H and O–H groups in total. The van der Waals surface area contributed by atoms with Gasteiger partial charge in [0.1, 0.15) is 5.75 Å². The van der Waals surface area contributed by atoms with Crippen LogP contribution in [0.4, 0.5) is 0 Å². The zero-order valence-corrected chi connectivity index (χ0v) is 11.8. The average Bonchev–Trinajstić information content (AvgIpc) is 2.38. The molecule has 0 aromatic heterocycles. The van der Waals surface area contributed by atoms with Crippen molar-refractivity contribution in [3.63, 3.8) is 0 Å². The molecule has 94 valence electrons. The summed E-state index contributed by atoms with van der Waals surface area (Å²) in [4.78, 5) is 11.4. The number of alkyl halides is 1. The Hall–Kier alpha value is -0.830. The maximum atomic E-state index is 11.4. The highest BCUT2D eigenvalue weighted by Crippen LogP contribution is 2.14. The van der Waals surface area contributed by atoms with E-state index in [9.17, 15) is 4.79 Å². The highest BCUT2D eigenvalue weighted by Gasteiger charge is 2.03. The number of ketones is 1. The largest absolute Gasteiger partial charge is 0.494 e. The second-order valence-corrected chi connectivity index (χ2v) is 4.55. The third-order valence-corrected chi connectivity index (χ3v) is 3.07. The average molecular weight is 299 g/mol. The van der Waals surface area contributed by atoms with E-state index in [1.54, 1.807) is 0 Å². The molecule has 0 bridgehead atoms. The molecule has 0 saturated carbocycles. The van der Waals surface area contributed by atoms with Crippen molar-refractivity contribution in [2.75, 3.05) is 11.9 Å². The van der Waals surface area contributed by atoms with Gasteiger partial charge in [-0.05, 0) is 30.7 Å². The molecule has 0 aliphatic carbocycles. The van der Waals surface area contributed by atoms with Gasteiger partial charge in [-0.25, -0.2) is 0 Å². The molecular formula is C14H19BrO2. The van der Waals surface area contributed by atoms with Crippen LogP contribution in [0.2, 0.25) is 0 Å². The number of halogens is 1. The molecule has 0 amide bonds. The van der Waals surface area contributed by atoms with Crippen molar-refractivity contribution in [1.29, 1.82) is 0 Å². The number of rotatable bonds is 8. The van der Waals surface area contributed by atoms with Crippen molar-refractivity contribution in [3.8, 4) is 5.75 Å². The van der Waals surface area contributed by atoms with Gasteiger partial charge in [0.15, 0.2) is 5.78 Å². The van der Waals surface area contributed by atoms with E-state index >= 15 is 0 Å². The van der Waals surface area contributed by atoms with Gasteiger partial charge in [0.25, 0.3) is 0 Å². The highest BCUT2D eigenvalue weighted by molar-refractivity contribution is 9.09. The molecule has 0 saturated heterocycles. The van der Waals surface area contributed by atoms with Crippen LogP contribution < -0.4 is 4.74 Å². The van der Waals surface area contributed by atoms with Crippen molar-refractivity contribution in [2.24, 2.45) is 0 Å². The fourth-order valence-electron chi connectivity index (χ4n) is 1.53. The lowest BCUT2D eigenvalue weighted by atomic mass is 10.1. The van der Waals surface area contributed by atoms with E-state index in [0.29, 0.717) is 5.33 Å². The van der Waals surface area contributed by atoms with Gasteiger partial charge in [0.2, 0.25) is 0 Å². The zero-order chi connectivity index (χ0) is 12.5. The molecule has 1 rings (SSSR count). The van der Waals surface area contributed by atoms with Gasteiger partial charge in [-0.3, -0.25) is 4.79 Å². The summed E-state index contributed by atoms with van der Waals surface area (Å²) in [6.07, 6.45) is 4.82. The minimum atomic E-state index is 0.0968. The number of unbranched alkanes of at least 4 members (excludes halogenated alkanes) is 3. The van der Waals surface area contributed by atoms with E-state index in [2.05, 4.69) is 22.9 Å². The number of Topliss-reactive ketones (excluding diaryl/α,β-unsaturated/α-hetero) is 1. The predicted molar refractivity (Wildman–Crippen MR) is 74.2 cm³/mol. The minimum absolute atomic E-state index is 0.0968. The molecule has 2 nitrogen and oxygen atoms in total. The van der Waals surface area contributed by atoms with Crippen LogP contribution in [0.25, 0.3) is 0 Å². The quantitative estimate of drug-likeness (QED) is 0.408. The van der Waals surface area contributed by atoms with Crippen LogP contribution in [-0.4, -0.2) is 17.7 Å². The fraction of sp³-hybridized carbons (Fsp3) is 0.500. The lowest BCUT2D eigenvalue weighted by Gasteiger charge is -2.06. The Morgan fingerprint density at radius 3 is 2.47 bits per heavy atom. The maximum Gasteiger partial charge on any atom is 0.173 e.